The summed E-state index contributed by atoms with van der Waals surface area (Å²) in [5.41, 5.74) is 2.22. The lowest BCUT2D eigenvalue weighted by Gasteiger charge is -2.09. The average Bonchev–Trinajstić information content (AvgIpc) is 2.88. The number of aryl methyl sites for hydroxylation is 1. The van der Waals surface area contributed by atoms with Crippen LogP contribution in [0.1, 0.15) is 23.1 Å². The van der Waals surface area contributed by atoms with E-state index in [1.807, 2.05) is 6.92 Å². The van der Waals surface area contributed by atoms with E-state index in [1.165, 1.54) is 0 Å². The molecule has 2 aromatic heterocycles. The maximum absolute atomic E-state index is 12.7. The number of imidazole rings is 1. The molecule has 0 aliphatic heterocycles. The first-order valence-electron chi connectivity index (χ1n) is 6.92. The largest absolute Gasteiger partial charge is 0.319 e. The Labute approximate surface area is 148 Å². The number of carbonyl (C=O) groups is 1. The molecule has 0 saturated carbocycles. The molecule has 0 unspecified atom stereocenters. The third-order valence-corrected chi connectivity index (χ3v) is 4.17. The fourth-order valence-electron chi connectivity index (χ4n) is 2.33. The molecule has 3 rings (SSSR count). The molecular weight excluding hydrogens is 357 g/mol. The van der Waals surface area contributed by atoms with Crippen molar-refractivity contribution in [3.05, 3.63) is 63.0 Å². The monoisotopic (exact) mass is 367 g/mol. The molecule has 1 aromatic carbocycles. The van der Waals surface area contributed by atoms with Gasteiger partial charge >= 0.3 is 0 Å². The van der Waals surface area contributed by atoms with Crippen LogP contribution >= 0.6 is 34.8 Å². The smallest absolute Gasteiger partial charge is 0.274 e. The lowest BCUT2D eigenvalue weighted by molar-refractivity contribution is 0.102. The Hall–Kier alpha value is -1.75. The number of carbonyl (C=O) groups excluding carboxylic acids is 1. The summed E-state index contributed by atoms with van der Waals surface area (Å²) in [6.07, 6.45) is 2.28. The van der Waals surface area contributed by atoms with Gasteiger partial charge < -0.3 is 5.32 Å². The van der Waals surface area contributed by atoms with Gasteiger partial charge in [0.15, 0.2) is 0 Å². The quantitative estimate of drug-likeness (QED) is 0.698. The second-order valence-corrected chi connectivity index (χ2v) is 6.19. The standard InChI is InChI=1S/C16H12Cl3N3O/c1-2-12-15(22-8-10(18)4-6-14(22)20-12)16(23)21-13-7-9(17)3-5-11(13)19/h3-8H,2H2,1H3,(H,21,23). The maximum Gasteiger partial charge on any atom is 0.274 e. The zero-order valence-electron chi connectivity index (χ0n) is 12.1. The van der Waals surface area contributed by atoms with Crippen LogP contribution in [0.5, 0.6) is 0 Å². The summed E-state index contributed by atoms with van der Waals surface area (Å²) >= 11 is 18.1. The topological polar surface area (TPSA) is 46.4 Å². The van der Waals surface area contributed by atoms with Crippen molar-refractivity contribution in [2.75, 3.05) is 5.32 Å². The van der Waals surface area contributed by atoms with Gasteiger partial charge in [-0.05, 0) is 36.8 Å². The van der Waals surface area contributed by atoms with E-state index in [1.54, 1.807) is 40.9 Å². The van der Waals surface area contributed by atoms with Crippen molar-refractivity contribution in [2.24, 2.45) is 0 Å². The first-order valence-corrected chi connectivity index (χ1v) is 8.06. The van der Waals surface area contributed by atoms with Crippen LogP contribution in [0, 0.1) is 0 Å². The highest BCUT2D eigenvalue weighted by Gasteiger charge is 2.19. The number of rotatable bonds is 3. The van der Waals surface area contributed by atoms with E-state index >= 15 is 0 Å². The predicted octanol–water partition coefficient (Wildman–Crippen LogP) is 5.11. The molecule has 0 bridgehead atoms. The SMILES string of the molecule is CCc1nc2ccc(Cl)cn2c1C(=O)Nc1cc(Cl)ccc1Cl. The second kappa shape index (κ2) is 6.40. The summed E-state index contributed by atoms with van der Waals surface area (Å²) in [6.45, 7) is 1.94. The summed E-state index contributed by atoms with van der Waals surface area (Å²) in [5, 5.41) is 4.20. The van der Waals surface area contributed by atoms with Gasteiger partial charge in [0.25, 0.3) is 5.91 Å². The Kier molecular flexibility index (Phi) is 4.48. The number of hydrogen-bond acceptors (Lipinski definition) is 2. The third-order valence-electron chi connectivity index (χ3n) is 3.38. The summed E-state index contributed by atoms with van der Waals surface area (Å²) in [4.78, 5) is 17.2. The van der Waals surface area contributed by atoms with Crippen LogP contribution in [0.2, 0.25) is 15.1 Å². The van der Waals surface area contributed by atoms with E-state index in [-0.39, 0.29) is 5.91 Å². The molecule has 1 N–H and O–H groups in total. The zero-order chi connectivity index (χ0) is 16.6. The fourth-order valence-corrected chi connectivity index (χ4v) is 2.83. The minimum absolute atomic E-state index is 0.319. The molecule has 7 heteroatoms. The van der Waals surface area contributed by atoms with Crippen LogP contribution in [0.15, 0.2) is 36.5 Å². The average molecular weight is 369 g/mol. The Morgan fingerprint density at radius 1 is 1.17 bits per heavy atom. The number of fused-ring (bicyclic) bond motifs is 1. The van der Waals surface area contributed by atoms with Crippen LogP contribution < -0.4 is 5.32 Å². The Morgan fingerprint density at radius 2 is 1.91 bits per heavy atom. The van der Waals surface area contributed by atoms with Crippen LogP contribution in [-0.4, -0.2) is 15.3 Å². The number of anilines is 1. The van der Waals surface area contributed by atoms with Gasteiger partial charge in [0.2, 0.25) is 0 Å². The maximum atomic E-state index is 12.7. The number of aromatic nitrogens is 2. The van der Waals surface area contributed by atoms with Crippen LogP contribution in [-0.2, 0) is 6.42 Å². The lowest BCUT2D eigenvalue weighted by Crippen LogP contribution is -2.16. The predicted molar refractivity (Wildman–Crippen MR) is 94.0 cm³/mol. The highest BCUT2D eigenvalue weighted by molar-refractivity contribution is 6.36. The molecule has 0 fully saturated rings. The first kappa shape index (κ1) is 16.1. The van der Waals surface area contributed by atoms with Crippen molar-refractivity contribution in [1.29, 1.82) is 0 Å². The Bertz CT molecular complexity index is 905. The Morgan fingerprint density at radius 3 is 2.65 bits per heavy atom. The molecule has 0 atom stereocenters. The van der Waals surface area contributed by atoms with Crippen LogP contribution in [0.3, 0.4) is 0 Å². The van der Waals surface area contributed by atoms with E-state index in [9.17, 15) is 4.79 Å². The highest BCUT2D eigenvalue weighted by atomic mass is 35.5. The van der Waals surface area contributed by atoms with Crippen molar-refractivity contribution in [2.45, 2.75) is 13.3 Å². The molecule has 0 spiro atoms. The third kappa shape index (κ3) is 3.15. The summed E-state index contributed by atoms with van der Waals surface area (Å²) in [6, 6.07) is 8.39. The van der Waals surface area contributed by atoms with Gasteiger partial charge in [-0.25, -0.2) is 4.98 Å². The van der Waals surface area contributed by atoms with Crippen LogP contribution in [0.25, 0.3) is 5.65 Å². The Balaban J connectivity index is 2.06. The van der Waals surface area contributed by atoms with Gasteiger partial charge in [0.1, 0.15) is 11.3 Å². The zero-order valence-corrected chi connectivity index (χ0v) is 14.4. The lowest BCUT2D eigenvalue weighted by atomic mass is 10.2. The van der Waals surface area contributed by atoms with Gasteiger partial charge in [-0.3, -0.25) is 9.20 Å². The number of nitrogens with zero attached hydrogens (tertiary/aromatic N) is 2. The molecule has 118 valence electrons. The fraction of sp³-hybridized carbons (Fsp3) is 0.125. The minimum Gasteiger partial charge on any atom is -0.319 e. The van der Waals surface area contributed by atoms with E-state index in [2.05, 4.69) is 10.3 Å². The molecule has 2 heterocycles. The molecule has 0 saturated heterocycles. The number of halogens is 3. The second-order valence-electron chi connectivity index (χ2n) is 4.91. The summed E-state index contributed by atoms with van der Waals surface area (Å²) < 4.78 is 1.68. The number of amides is 1. The molecular formula is C16H12Cl3N3O. The highest BCUT2D eigenvalue weighted by Crippen LogP contribution is 2.26. The van der Waals surface area contributed by atoms with Crippen molar-refractivity contribution < 1.29 is 4.79 Å². The molecule has 23 heavy (non-hydrogen) atoms. The van der Waals surface area contributed by atoms with Gasteiger partial charge in [0, 0.05) is 11.2 Å². The van der Waals surface area contributed by atoms with Gasteiger partial charge in [0.05, 0.1) is 21.4 Å². The van der Waals surface area contributed by atoms with Gasteiger partial charge in [-0.2, -0.15) is 0 Å². The minimum atomic E-state index is -0.319. The number of benzene rings is 1. The first-order chi connectivity index (χ1) is 11.0. The van der Waals surface area contributed by atoms with E-state index < -0.39 is 0 Å². The molecule has 0 radical (unpaired) electrons. The van der Waals surface area contributed by atoms with E-state index in [0.29, 0.717) is 44.2 Å². The summed E-state index contributed by atoms with van der Waals surface area (Å²) in [5.74, 6) is -0.319. The van der Waals surface area contributed by atoms with Crippen molar-refractivity contribution in [3.8, 4) is 0 Å². The van der Waals surface area contributed by atoms with Gasteiger partial charge in [-0.15, -0.1) is 0 Å². The van der Waals surface area contributed by atoms with E-state index in [4.69, 9.17) is 34.8 Å². The summed E-state index contributed by atoms with van der Waals surface area (Å²) in [7, 11) is 0. The number of nitrogens with one attached hydrogen (secondary N) is 1. The molecule has 3 aromatic rings. The molecule has 4 nitrogen and oxygen atoms in total. The number of hydrogen-bond donors (Lipinski definition) is 1. The van der Waals surface area contributed by atoms with Crippen molar-refractivity contribution in [3.63, 3.8) is 0 Å². The van der Waals surface area contributed by atoms with Crippen LogP contribution in [0.4, 0.5) is 5.69 Å². The normalized spacial score (nSPS) is 11.0. The van der Waals surface area contributed by atoms with Crippen molar-refractivity contribution >= 4 is 52.0 Å². The molecule has 0 aliphatic rings. The van der Waals surface area contributed by atoms with E-state index in [0.717, 1.165) is 0 Å². The number of pyridine rings is 1. The molecule has 1 amide bonds. The van der Waals surface area contributed by atoms with Gasteiger partial charge in [-0.1, -0.05) is 41.7 Å². The molecule has 0 aliphatic carbocycles. The van der Waals surface area contributed by atoms with Crippen molar-refractivity contribution in [1.82, 2.24) is 9.38 Å².